The monoisotopic (exact) mass is 493 g/mol. The Bertz CT molecular complexity index is 1120. The summed E-state index contributed by atoms with van der Waals surface area (Å²) >= 11 is 0. The van der Waals surface area contributed by atoms with E-state index in [4.69, 9.17) is 9.72 Å². The lowest BCUT2D eigenvalue weighted by atomic mass is 10.0. The van der Waals surface area contributed by atoms with E-state index < -0.39 is 0 Å². The highest BCUT2D eigenvalue weighted by Gasteiger charge is 2.10. The summed E-state index contributed by atoms with van der Waals surface area (Å²) in [5.74, 6) is 0.920. The molecule has 0 aliphatic rings. The van der Waals surface area contributed by atoms with Gasteiger partial charge in [0.15, 0.2) is 0 Å². The minimum atomic E-state index is 0.777. The zero-order valence-corrected chi connectivity index (χ0v) is 22.1. The summed E-state index contributed by atoms with van der Waals surface area (Å²) in [6.07, 6.45) is 16.9. The molecular formula is C33H39N3O. The van der Waals surface area contributed by atoms with Gasteiger partial charge in [-0.05, 0) is 66.1 Å². The molecule has 0 fully saturated rings. The molecule has 0 unspecified atom stereocenters. The lowest BCUT2D eigenvalue weighted by molar-refractivity contribution is 0.304. The third kappa shape index (κ3) is 8.52. The second kappa shape index (κ2) is 14.9. The Labute approximate surface area is 222 Å². The molecule has 0 atom stereocenters. The van der Waals surface area contributed by atoms with Gasteiger partial charge in [0.05, 0.1) is 29.4 Å². The molecule has 4 rings (SSSR count). The summed E-state index contributed by atoms with van der Waals surface area (Å²) in [6.45, 7) is 3.05. The second-order valence-corrected chi connectivity index (χ2v) is 9.61. The van der Waals surface area contributed by atoms with E-state index in [9.17, 15) is 0 Å². The van der Waals surface area contributed by atoms with Crippen molar-refractivity contribution >= 4 is 0 Å². The van der Waals surface area contributed by atoms with Crippen molar-refractivity contribution in [2.45, 2.75) is 71.1 Å². The van der Waals surface area contributed by atoms with Crippen LogP contribution in [0.25, 0.3) is 33.9 Å². The molecule has 3 heterocycles. The standard InChI is InChI=1S/C33H39N3O/c1-2-3-4-5-6-7-8-9-10-15-24-37-29-20-18-27(19-21-29)28-25-32(30-16-11-13-22-34-30)36-33(26-28)31-17-12-14-23-35-31/h11-14,16-23,25-26H,2-10,15,24H2,1H3. The molecule has 0 amide bonds. The van der Waals surface area contributed by atoms with Gasteiger partial charge in [-0.1, -0.05) is 89.0 Å². The van der Waals surface area contributed by atoms with Crippen LogP contribution in [0.5, 0.6) is 5.75 Å². The number of benzene rings is 1. The van der Waals surface area contributed by atoms with Crippen molar-refractivity contribution in [3.05, 3.63) is 85.2 Å². The van der Waals surface area contributed by atoms with Crippen LogP contribution in [0.1, 0.15) is 71.1 Å². The molecule has 37 heavy (non-hydrogen) atoms. The summed E-state index contributed by atoms with van der Waals surface area (Å²) in [5, 5.41) is 0. The van der Waals surface area contributed by atoms with Crippen LogP contribution in [-0.2, 0) is 0 Å². The van der Waals surface area contributed by atoms with Crippen LogP contribution in [0.2, 0.25) is 0 Å². The van der Waals surface area contributed by atoms with Crippen molar-refractivity contribution in [2.75, 3.05) is 6.61 Å². The lowest BCUT2D eigenvalue weighted by Crippen LogP contribution is -1.97. The average Bonchev–Trinajstić information content (AvgIpc) is 2.97. The van der Waals surface area contributed by atoms with E-state index in [1.165, 1.54) is 57.8 Å². The van der Waals surface area contributed by atoms with Crippen molar-refractivity contribution in [3.63, 3.8) is 0 Å². The van der Waals surface area contributed by atoms with Crippen molar-refractivity contribution in [1.82, 2.24) is 15.0 Å². The Hall–Kier alpha value is -3.53. The first-order valence-electron chi connectivity index (χ1n) is 13.9. The van der Waals surface area contributed by atoms with E-state index in [1.807, 2.05) is 36.4 Å². The Morgan fingerprint density at radius 2 is 1.08 bits per heavy atom. The van der Waals surface area contributed by atoms with Crippen LogP contribution in [0.4, 0.5) is 0 Å². The maximum absolute atomic E-state index is 6.02. The molecule has 4 heteroatoms. The quantitative estimate of drug-likeness (QED) is 0.155. The van der Waals surface area contributed by atoms with Gasteiger partial charge >= 0.3 is 0 Å². The smallest absolute Gasteiger partial charge is 0.119 e. The van der Waals surface area contributed by atoms with E-state index in [0.717, 1.165) is 52.7 Å². The fourth-order valence-corrected chi connectivity index (χ4v) is 4.51. The molecule has 0 radical (unpaired) electrons. The first-order valence-corrected chi connectivity index (χ1v) is 13.9. The molecule has 0 aliphatic carbocycles. The van der Waals surface area contributed by atoms with Gasteiger partial charge in [-0.25, -0.2) is 4.98 Å². The number of nitrogens with zero attached hydrogens (tertiary/aromatic N) is 3. The van der Waals surface area contributed by atoms with Gasteiger partial charge in [-0.2, -0.15) is 0 Å². The first kappa shape index (κ1) is 26.5. The van der Waals surface area contributed by atoms with E-state index >= 15 is 0 Å². The van der Waals surface area contributed by atoms with Gasteiger partial charge in [0.1, 0.15) is 5.75 Å². The van der Waals surface area contributed by atoms with Gasteiger partial charge in [-0.3, -0.25) is 9.97 Å². The molecule has 1 aromatic carbocycles. The van der Waals surface area contributed by atoms with Crippen molar-refractivity contribution in [2.24, 2.45) is 0 Å². The molecule has 192 valence electrons. The number of ether oxygens (including phenoxy) is 1. The summed E-state index contributed by atoms with van der Waals surface area (Å²) in [7, 11) is 0. The summed E-state index contributed by atoms with van der Waals surface area (Å²) in [4.78, 5) is 13.9. The van der Waals surface area contributed by atoms with Gasteiger partial charge in [0.2, 0.25) is 0 Å². The number of rotatable bonds is 15. The van der Waals surface area contributed by atoms with Gasteiger partial charge in [0.25, 0.3) is 0 Å². The van der Waals surface area contributed by atoms with E-state index in [2.05, 4.69) is 53.3 Å². The average molecular weight is 494 g/mol. The zero-order valence-electron chi connectivity index (χ0n) is 22.1. The maximum Gasteiger partial charge on any atom is 0.119 e. The van der Waals surface area contributed by atoms with Crippen LogP contribution in [-0.4, -0.2) is 21.6 Å². The van der Waals surface area contributed by atoms with Crippen LogP contribution in [0.15, 0.2) is 85.2 Å². The molecule has 0 spiro atoms. The highest BCUT2D eigenvalue weighted by Crippen LogP contribution is 2.30. The molecule has 0 aliphatic heterocycles. The second-order valence-electron chi connectivity index (χ2n) is 9.61. The summed E-state index contributed by atoms with van der Waals surface area (Å²) < 4.78 is 6.02. The predicted octanol–water partition coefficient (Wildman–Crippen LogP) is 9.17. The summed E-state index contributed by atoms with van der Waals surface area (Å²) in [5.41, 5.74) is 5.55. The fraction of sp³-hybridized carbons (Fsp3) is 0.364. The number of pyridine rings is 3. The van der Waals surface area contributed by atoms with Crippen molar-refractivity contribution in [3.8, 4) is 39.7 Å². The molecule has 0 saturated heterocycles. The van der Waals surface area contributed by atoms with E-state index in [0.29, 0.717) is 0 Å². The van der Waals surface area contributed by atoms with Gasteiger partial charge < -0.3 is 4.74 Å². The Balaban J connectivity index is 1.32. The fourth-order valence-electron chi connectivity index (χ4n) is 4.51. The zero-order chi connectivity index (χ0) is 25.5. The lowest BCUT2D eigenvalue weighted by Gasteiger charge is -2.11. The first-order chi connectivity index (χ1) is 18.3. The molecule has 0 bridgehead atoms. The normalized spacial score (nSPS) is 10.9. The number of unbranched alkanes of at least 4 members (excludes halogenated alkanes) is 9. The molecule has 4 aromatic rings. The minimum Gasteiger partial charge on any atom is -0.494 e. The van der Waals surface area contributed by atoms with Crippen LogP contribution >= 0.6 is 0 Å². The molecule has 0 saturated carbocycles. The Kier molecular flexibility index (Phi) is 10.7. The van der Waals surface area contributed by atoms with Crippen LogP contribution in [0.3, 0.4) is 0 Å². The molecule has 0 N–H and O–H groups in total. The van der Waals surface area contributed by atoms with Crippen molar-refractivity contribution in [1.29, 1.82) is 0 Å². The summed E-state index contributed by atoms with van der Waals surface area (Å²) in [6, 6.07) is 24.3. The third-order valence-electron chi connectivity index (χ3n) is 6.63. The Morgan fingerprint density at radius 3 is 1.59 bits per heavy atom. The molecule has 4 nitrogen and oxygen atoms in total. The number of hydrogen-bond acceptors (Lipinski definition) is 4. The minimum absolute atomic E-state index is 0.777. The van der Waals surface area contributed by atoms with Crippen LogP contribution < -0.4 is 4.74 Å². The maximum atomic E-state index is 6.02. The number of aromatic nitrogens is 3. The van der Waals surface area contributed by atoms with Crippen LogP contribution in [0, 0.1) is 0 Å². The SMILES string of the molecule is CCCCCCCCCCCCOc1ccc(-c2cc(-c3ccccn3)nc(-c3ccccn3)c2)cc1. The van der Waals surface area contributed by atoms with E-state index in [-0.39, 0.29) is 0 Å². The molecule has 3 aromatic heterocycles. The Morgan fingerprint density at radius 1 is 0.541 bits per heavy atom. The highest BCUT2D eigenvalue weighted by molar-refractivity contribution is 5.74. The number of hydrogen-bond donors (Lipinski definition) is 0. The molecular weight excluding hydrogens is 454 g/mol. The van der Waals surface area contributed by atoms with Gasteiger partial charge in [0, 0.05) is 12.4 Å². The van der Waals surface area contributed by atoms with Crippen molar-refractivity contribution < 1.29 is 4.74 Å². The topological polar surface area (TPSA) is 47.9 Å². The predicted molar refractivity (Wildman–Crippen MR) is 153 cm³/mol. The van der Waals surface area contributed by atoms with Gasteiger partial charge in [-0.15, -0.1) is 0 Å². The van der Waals surface area contributed by atoms with E-state index in [1.54, 1.807) is 12.4 Å². The third-order valence-corrected chi connectivity index (χ3v) is 6.63. The largest absolute Gasteiger partial charge is 0.494 e. The highest BCUT2D eigenvalue weighted by atomic mass is 16.5.